The molecule has 3 heterocycles. The molecule has 0 saturated carbocycles. The zero-order valence-electron chi connectivity index (χ0n) is 16.2. The lowest BCUT2D eigenvalue weighted by atomic mass is 10.0. The number of carbonyl (C=O) groups excluding carboxylic acids is 2. The number of nitrogens with one attached hydrogen (secondary N) is 3. The molecule has 152 valence electrons. The first kappa shape index (κ1) is 20.7. The highest BCUT2D eigenvalue weighted by molar-refractivity contribution is 7.98. The average molecular weight is 422 g/mol. The summed E-state index contributed by atoms with van der Waals surface area (Å²) in [5.74, 6) is 1.53. The van der Waals surface area contributed by atoms with Gasteiger partial charge >= 0.3 is 0 Å². The molecule has 1 unspecified atom stereocenters. The third-order valence-corrected chi connectivity index (χ3v) is 6.37. The van der Waals surface area contributed by atoms with Gasteiger partial charge in [0.05, 0.1) is 10.6 Å². The Bertz CT molecular complexity index is 769. The van der Waals surface area contributed by atoms with E-state index in [1.54, 1.807) is 23.1 Å². The molecule has 0 spiro atoms. The molecule has 1 atom stereocenters. The fourth-order valence-electron chi connectivity index (χ4n) is 3.34. The molecule has 1 fully saturated rings. The minimum Gasteiger partial charge on any atom is -0.355 e. The van der Waals surface area contributed by atoms with Gasteiger partial charge in [-0.2, -0.15) is 16.9 Å². The molecular weight excluding hydrogens is 394 g/mol. The normalized spacial score (nSPS) is 16.0. The highest BCUT2D eigenvalue weighted by Gasteiger charge is 2.26. The minimum atomic E-state index is -0.456. The van der Waals surface area contributed by atoms with E-state index in [2.05, 4.69) is 43.2 Å². The van der Waals surface area contributed by atoms with Gasteiger partial charge in [-0.15, -0.1) is 11.3 Å². The van der Waals surface area contributed by atoms with Crippen LogP contribution in [0.4, 0.5) is 5.82 Å². The van der Waals surface area contributed by atoms with E-state index in [9.17, 15) is 9.59 Å². The fraction of sp³-hybridized carbons (Fsp3) is 0.526. The number of piperidine rings is 1. The van der Waals surface area contributed by atoms with Crippen molar-refractivity contribution >= 4 is 40.7 Å². The standard InChI is InChI=1S/C19H27N5O2S2/c1-13(25)20-15(7-11-27-2)19(26)21-14-5-8-24(9-6-14)18-12-16(22-23-18)17-4-3-10-28-17/h3-4,10,12,14-15H,5-9,11H2,1-2H3,(H,20,25)(H,21,26)(H,22,23). The van der Waals surface area contributed by atoms with Crippen LogP contribution in [0.5, 0.6) is 0 Å². The summed E-state index contributed by atoms with van der Waals surface area (Å²) in [7, 11) is 0. The Balaban J connectivity index is 1.50. The lowest BCUT2D eigenvalue weighted by Gasteiger charge is -2.33. The van der Waals surface area contributed by atoms with Crippen LogP contribution in [0.15, 0.2) is 23.6 Å². The number of hydrogen-bond acceptors (Lipinski definition) is 6. The van der Waals surface area contributed by atoms with E-state index >= 15 is 0 Å². The zero-order valence-corrected chi connectivity index (χ0v) is 17.9. The van der Waals surface area contributed by atoms with E-state index in [1.807, 2.05) is 12.3 Å². The van der Waals surface area contributed by atoms with Crippen LogP contribution in [0.25, 0.3) is 10.6 Å². The molecule has 0 aromatic carbocycles. The Morgan fingerprint density at radius 1 is 1.43 bits per heavy atom. The first-order chi connectivity index (χ1) is 13.6. The third-order valence-electron chi connectivity index (χ3n) is 4.82. The molecule has 0 bridgehead atoms. The van der Waals surface area contributed by atoms with Gasteiger partial charge in [0, 0.05) is 32.1 Å². The smallest absolute Gasteiger partial charge is 0.242 e. The number of nitrogens with zero attached hydrogens (tertiary/aromatic N) is 2. The summed E-state index contributed by atoms with van der Waals surface area (Å²) < 4.78 is 0. The maximum atomic E-state index is 12.6. The summed E-state index contributed by atoms with van der Waals surface area (Å²) in [6.45, 7) is 3.14. The summed E-state index contributed by atoms with van der Waals surface area (Å²) >= 11 is 3.36. The van der Waals surface area contributed by atoms with Crippen LogP contribution in [-0.2, 0) is 9.59 Å². The molecule has 3 N–H and O–H groups in total. The van der Waals surface area contributed by atoms with E-state index in [1.165, 1.54) is 11.8 Å². The summed E-state index contributed by atoms with van der Waals surface area (Å²) in [6.07, 6.45) is 4.37. The van der Waals surface area contributed by atoms with E-state index in [-0.39, 0.29) is 17.9 Å². The number of amides is 2. The van der Waals surface area contributed by atoms with Crippen molar-refractivity contribution in [2.45, 2.75) is 38.3 Å². The summed E-state index contributed by atoms with van der Waals surface area (Å²) in [6, 6.07) is 5.86. The summed E-state index contributed by atoms with van der Waals surface area (Å²) in [4.78, 5) is 27.4. The van der Waals surface area contributed by atoms with E-state index in [4.69, 9.17) is 0 Å². The molecule has 1 aliphatic rings. The van der Waals surface area contributed by atoms with Gasteiger partial charge in [-0.25, -0.2) is 0 Å². The molecule has 9 heteroatoms. The predicted octanol–water partition coefficient (Wildman–Crippen LogP) is 2.48. The molecule has 7 nitrogen and oxygen atoms in total. The van der Waals surface area contributed by atoms with Crippen LogP contribution >= 0.6 is 23.1 Å². The van der Waals surface area contributed by atoms with E-state index in [0.29, 0.717) is 6.42 Å². The molecule has 1 saturated heterocycles. The number of rotatable bonds is 8. The SMILES string of the molecule is CSCCC(NC(C)=O)C(=O)NC1CCN(c2cc(-c3cccs3)[nH]n2)CC1. The molecule has 2 amide bonds. The van der Waals surface area contributed by atoms with Crippen molar-refractivity contribution in [2.75, 3.05) is 30.0 Å². The van der Waals surface area contributed by atoms with Gasteiger partial charge in [0.15, 0.2) is 5.82 Å². The van der Waals surface area contributed by atoms with Crippen LogP contribution < -0.4 is 15.5 Å². The van der Waals surface area contributed by atoms with Crippen LogP contribution in [-0.4, -0.2) is 59.2 Å². The minimum absolute atomic E-state index is 0.0811. The Morgan fingerprint density at radius 2 is 2.21 bits per heavy atom. The van der Waals surface area contributed by atoms with Gasteiger partial charge in [0.25, 0.3) is 0 Å². The first-order valence-electron chi connectivity index (χ1n) is 9.47. The predicted molar refractivity (Wildman–Crippen MR) is 116 cm³/mol. The second kappa shape index (κ2) is 9.97. The Morgan fingerprint density at radius 3 is 2.86 bits per heavy atom. The molecule has 28 heavy (non-hydrogen) atoms. The molecule has 0 radical (unpaired) electrons. The van der Waals surface area contributed by atoms with Gasteiger partial charge in [-0.3, -0.25) is 14.7 Å². The maximum absolute atomic E-state index is 12.6. The molecule has 2 aromatic rings. The number of aromatic nitrogens is 2. The summed E-state index contributed by atoms with van der Waals surface area (Å²) in [5.41, 5.74) is 1.03. The van der Waals surface area contributed by atoms with Crippen molar-refractivity contribution < 1.29 is 9.59 Å². The van der Waals surface area contributed by atoms with Crippen molar-refractivity contribution in [2.24, 2.45) is 0 Å². The second-order valence-corrected chi connectivity index (χ2v) is 8.85. The number of H-pyrrole nitrogens is 1. The van der Waals surface area contributed by atoms with Crippen molar-refractivity contribution in [3.8, 4) is 10.6 Å². The number of anilines is 1. The van der Waals surface area contributed by atoms with Gasteiger partial charge in [-0.1, -0.05) is 6.07 Å². The van der Waals surface area contributed by atoms with E-state index in [0.717, 1.165) is 43.2 Å². The van der Waals surface area contributed by atoms with Crippen LogP contribution in [0, 0.1) is 0 Å². The fourth-order valence-corrected chi connectivity index (χ4v) is 4.50. The number of carbonyl (C=O) groups is 2. The quantitative estimate of drug-likeness (QED) is 0.609. The largest absolute Gasteiger partial charge is 0.355 e. The Hall–Kier alpha value is -2.00. The van der Waals surface area contributed by atoms with Crippen molar-refractivity contribution in [3.63, 3.8) is 0 Å². The molecule has 3 rings (SSSR count). The third kappa shape index (κ3) is 5.51. The highest BCUT2D eigenvalue weighted by atomic mass is 32.2. The van der Waals surface area contributed by atoms with Crippen LogP contribution in [0.1, 0.15) is 26.2 Å². The summed E-state index contributed by atoms with van der Waals surface area (Å²) in [5, 5.41) is 15.5. The second-order valence-electron chi connectivity index (χ2n) is 6.92. The topological polar surface area (TPSA) is 90.1 Å². The van der Waals surface area contributed by atoms with Gasteiger partial charge in [0.1, 0.15) is 6.04 Å². The average Bonchev–Trinajstić information content (AvgIpc) is 3.36. The molecule has 0 aliphatic carbocycles. The van der Waals surface area contributed by atoms with E-state index < -0.39 is 6.04 Å². The lowest BCUT2D eigenvalue weighted by molar-refractivity contribution is -0.128. The van der Waals surface area contributed by atoms with Crippen molar-refractivity contribution in [1.29, 1.82) is 0 Å². The van der Waals surface area contributed by atoms with Crippen molar-refractivity contribution in [1.82, 2.24) is 20.8 Å². The number of hydrogen-bond donors (Lipinski definition) is 3. The van der Waals surface area contributed by atoms with Gasteiger partial charge < -0.3 is 15.5 Å². The molecule has 1 aliphatic heterocycles. The van der Waals surface area contributed by atoms with Gasteiger partial charge in [0.2, 0.25) is 11.8 Å². The molecular formula is C19H27N5O2S2. The number of aromatic amines is 1. The number of thioether (sulfide) groups is 1. The van der Waals surface area contributed by atoms with Gasteiger partial charge in [-0.05, 0) is 42.7 Å². The lowest BCUT2D eigenvalue weighted by Crippen LogP contribution is -2.52. The number of thiophene rings is 1. The Kier molecular flexibility index (Phi) is 7.38. The molecule has 2 aromatic heterocycles. The van der Waals surface area contributed by atoms with Crippen LogP contribution in [0.2, 0.25) is 0 Å². The highest BCUT2D eigenvalue weighted by Crippen LogP contribution is 2.27. The monoisotopic (exact) mass is 421 g/mol. The Labute approximate surface area is 173 Å². The maximum Gasteiger partial charge on any atom is 0.242 e. The van der Waals surface area contributed by atoms with Crippen LogP contribution in [0.3, 0.4) is 0 Å². The first-order valence-corrected chi connectivity index (χ1v) is 11.7. The van der Waals surface area contributed by atoms with Crippen molar-refractivity contribution in [3.05, 3.63) is 23.6 Å². The zero-order chi connectivity index (χ0) is 19.9.